The number of nitrogens with two attached hydrogens (primary N) is 1. The zero-order chi connectivity index (χ0) is 28.8. The zero-order valence-electron chi connectivity index (χ0n) is 23.2. The smallest absolute Gasteiger partial charge is 0.263 e. The molecule has 1 atom stereocenters. The molecule has 1 fully saturated rings. The van der Waals surface area contributed by atoms with Crippen molar-refractivity contribution in [3.63, 3.8) is 0 Å². The van der Waals surface area contributed by atoms with Crippen molar-refractivity contribution in [3.05, 3.63) is 89.9 Å². The summed E-state index contributed by atoms with van der Waals surface area (Å²) in [5.41, 5.74) is 5.83. The van der Waals surface area contributed by atoms with E-state index in [1.165, 1.54) is 0 Å². The van der Waals surface area contributed by atoms with E-state index in [4.69, 9.17) is 10.6 Å². The van der Waals surface area contributed by atoms with Crippen LogP contribution >= 0.6 is 0 Å². The van der Waals surface area contributed by atoms with Gasteiger partial charge in [-0.3, -0.25) is 0 Å². The highest BCUT2D eigenvalue weighted by molar-refractivity contribution is 5.83. The number of aromatic hydroxyl groups is 1. The fourth-order valence-electron chi connectivity index (χ4n) is 4.82. The average Bonchev–Trinajstić information content (AvgIpc) is 3.00. The molecule has 5 rings (SSSR count). The Morgan fingerprint density at radius 2 is 1.93 bits per heavy atom. The Labute approximate surface area is 239 Å². The lowest BCUT2D eigenvalue weighted by Gasteiger charge is -2.36. The van der Waals surface area contributed by atoms with Gasteiger partial charge in [0.1, 0.15) is 5.75 Å². The van der Waals surface area contributed by atoms with Gasteiger partial charge in [-0.1, -0.05) is 44.2 Å². The predicted octanol–water partition coefficient (Wildman–Crippen LogP) is 5.62. The van der Waals surface area contributed by atoms with Crippen molar-refractivity contribution in [3.8, 4) is 16.9 Å². The Bertz CT molecular complexity index is 1510. The average molecular weight is 556 g/mol. The van der Waals surface area contributed by atoms with Gasteiger partial charge >= 0.3 is 0 Å². The number of nitrogens with zero attached hydrogens (tertiary/aromatic N) is 5. The minimum absolute atomic E-state index is 0.0335. The molecule has 0 spiro atoms. The number of aryl methyl sites for hydroxylation is 1. The van der Waals surface area contributed by atoms with Gasteiger partial charge in [-0.25, -0.2) is 15.2 Å². The molecular weight excluding hydrogens is 521 g/mol. The van der Waals surface area contributed by atoms with E-state index in [0.717, 1.165) is 57.8 Å². The molecular formula is C31H34FN7O2. The third-order valence-electron chi connectivity index (χ3n) is 7.09. The fraction of sp³-hybridized carbons (Fsp3) is 0.258. The van der Waals surface area contributed by atoms with E-state index in [0.29, 0.717) is 19.8 Å². The summed E-state index contributed by atoms with van der Waals surface area (Å²) in [6.07, 6.45) is 4.37. The van der Waals surface area contributed by atoms with Crippen molar-refractivity contribution in [2.45, 2.75) is 32.7 Å². The maximum absolute atomic E-state index is 14.7. The molecule has 0 bridgehead atoms. The Balaban J connectivity index is 1.28. The van der Waals surface area contributed by atoms with Crippen molar-refractivity contribution in [1.29, 1.82) is 0 Å². The number of ether oxygens (including phenoxy) is 1. The molecule has 10 heteroatoms. The molecule has 0 aliphatic carbocycles. The minimum atomic E-state index is -0.503. The largest absolute Gasteiger partial charge is 0.508 e. The topological polar surface area (TPSA) is 112 Å². The second kappa shape index (κ2) is 12.8. The third kappa shape index (κ3) is 6.62. The van der Waals surface area contributed by atoms with Crippen molar-refractivity contribution < 1.29 is 14.2 Å². The summed E-state index contributed by atoms with van der Waals surface area (Å²) in [6.45, 7) is 5.68. The van der Waals surface area contributed by atoms with Gasteiger partial charge in [0.05, 0.1) is 31.7 Å². The van der Waals surface area contributed by atoms with E-state index in [9.17, 15) is 9.50 Å². The second-order valence-corrected chi connectivity index (χ2v) is 9.78. The number of phenolic OH excluding ortho intramolecular Hbond substituents is 1. The molecule has 1 aliphatic heterocycles. The fourth-order valence-corrected chi connectivity index (χ4v) is 4.82. The number of benzene rings is 3. The van der Waals surface area contributed by atoms with Crippen molar-refractivity contribution >= 4 is 29.4 Å². The van der Waals surface area contributed by atoms with E-state index >= 15 is 0 Å². The molecule has 0 amide bonds. The molecule has 212 valence electrons. The van der Waals surface area contributed by atoms with Gasteiger partial charge in [-0.15, -0.1) is 0 Å². The molecule has 4 N–H and O–H groups in total. The van der Waals surface area contributed by atoms with Crippen LogP contribution in [-0.2, 0) is 11.2 Å². The Hall–Kier alpha value is -4.54. The van der Waals surface area contributed by atoms with Crippen LogP contribution in [0.5, 0.6) is 5.75 Å². The van der Waals surface area contributed by atoms with Crippen molar-refractivity contribution in [1.82, 2.24) is 9.97 Å². The molecule has 41 heavy (non-hydrogen) atoms. The molecule has 9 nitrogen and oxygen atoms in total. The molecule has 1 aromatic heterocycles. The molecule has 0 radical (unpaired) electrons. The van der Waals surface area contributed by atoms with E-state index in [2.05, 4.69) is 33.4 Å². The number of phenols is 1. The highest BCUT2D eigenvalue weighted by Gasteiger charge is 2.26. The van der Waals surface area contributed by atoms with Gasteiger partial charge in [-0.2, -0.15) is 15.2 Å². The first-order valence-electron chi connectivity index (χ1n) is 13.7. The highest BCUT2D eigenvalue weighted by atomic mass is 19.1. The lowest BCUT2D eigenvalue weighted by molar-refractivity contribution is 0.0921. The molecule has 1 aliphatic rings. The molecule has 0 saturated carbocycles. The number of morpholine rings is 1. The lowest BCUT2D eigenvalue weighted by Crippen LogP contribution is -2.46. The third-order valence-corrected chi connectivity index (χ3v) is 7.09. The summed E-state index contributed by atoms with van der Waals surface area (Å²) >= 11 is 0. The summed E-state index contributed by atoms with van der Waals surface area (Å²) < 4.78 is 20.2. The molecule has 3 aromatic carbocycles. The van der Waals surface area contributed by atoms with Crippen molar-refractivity contribution in [2.24, 2.45) is 10.9 Å². The Kier molecular flexibility index (Phi) is 8.71. The van der Waals surface area contributed by atoms with Crippen LogP contribution in [0.15, 0.2) is 78.0 Å². The Morgan fingerprint density at radius 3 is 2.68 bits per heavy atom. The van der Waals surface area contributed by atoms with Gasteiger partial charge in [0.15, 0.2) is 11.6 Å². The summed E-state index contributed by atoms with van der Waals surface area (Å²) in [5.74, 6) is 6.21. The normalized spacial score (nSPS) is 15.3. The number of halogens is 1. The van der Waals surface area contributed by atoms with E-state index in [1.54, 1.807) is 18.3 Å². The van der Waals surface area contributed by atoms with Crippen LogP contribution in [0, 0.1) is 5.82 Å². The second-order valence-electron chi connectivity index (χ2n) is 9.78. The highest BCUT2D eigenvalue weighted by Crippen LogP contribution is 2.27. The first kappa shape index (κ1) is 28.0. The van der Waals surface area contributed by atoms with Gasteiger partial charge in [0, 0.05) is 17.9 Å². The Morgan fingerprint density at radius 1 is 1.12 bits per heavy atom. The number of nitrogens with one attached hydrogen (secondary N) is 1. The predicted molar refractivity (Wildman–Crippen MR) is 161 cm³/mol. The van der Waals surface area contributed by atoms with Crippen LogP contribution in [0.3, 0.4) is 0 Å². The number of hydrazine groups is 1. The van der Waals surface area contributed by atoms with Crippen LogP contribution in [0.2, 0.25) is 0 Å². The zero-order valence-corrected chi connectivity index (χ0v) is 23.2. The summed E-state index contributed by atoms with van der Waals surface area (Å²) in [7, 11) is 0. The summed E-state index contributed by atoms with van der Waals surface area (Å²) in [6, 6.07) is 21.3. The maximum atomic E-state index is 14.7. The van der Waals surface area contributed by atoms with Crippen LogP contribution in [-0.4, -0.2) is 47.1 Å². The van der Waals surface area contributed by atoms with Gasteiger partial charge in [-0.05, 0) is 71.5 Å². The SMILES string of the molecule is CCc1cc(Nc2ccc(-c3cccc(O)c3)cc2)ccc1/C=N/N(N)c1ncc(F)c(N2CCOCC2CC)n1. The van der Waals surface area contributed by atoms with Gasteiger partial charge in [0.25, 0.3) is 5.95 Å². The first-order valence-corrected chi connectivity index (χ1v) is 13.7. The molecule has 2 heterocycles. The number of aromatic nitrogens is 2. The number of hydrogen-bond donors (Lipinski definition) is 3. The lowest BCUT2D eigenvalue weighted by atomic mass is 10.0. The maximum Gasteiger partial charge on any atom is 0.263 e. The van der Waals surface area contributed by atoms with E-state index < -0.39 is 5.82 Å². The van der Waals surface area contributed by atoms with Crippen LogP contribution in [0.1, 0.15) is 31.4 Å². The monoisotopic (exact) mass is 555 g/mol. The standard InChI is InChI=1S/C31H34FN7O2/c1-3-21-16-26(36-25-11-8-22(9-12-25)23-6-5-7-28(40)17-23)13-10-24(21)18-35-39(33)31-34-19-29(32)30(37-31)38-14-15-41-20-27(38)4-2/h5-13,16-19,27,36,40H,3-4,14-15,20,33H2,1-2H3/b35-18+. The van der Waals surface area contributed by atoms with Crippen LogP contribution < -0.4 is 21.2 Å². The number of anilines is 4. The van der Waals surface area contributed by atoms with E-state index in [1.807, 2.05) is 60.4 Å². The quantitative estimate of drug-likeness (QED) is 0.139. The van der Waals surface area contributed by atoms with Crippen LogP contribution in [0.25, 0.3) is 11.1 Å². The van der Waals surface area contributed by atoms with E-state index in [-0.39, 0.29) is 23.6 Å². The van der Waals surface area contributed by atoms with Crippen LogP contribution in [0.4, 0.5) is 27.5 Å². The molecule has 4 aromatic rings. The summed E-state index contributed by atoms with van der Waals surface area (Å²) in [5, 5.41) is 18.6. The minimum Gasteiger partial charge on any atom is -0.508 e. The number of hydrogen-bond acceptors (Lipinski definition) is 9. The number of rotatable bonds is 9. The first-order chi connectivity index (χ1) is 19.9. The van der Waals surface area contributed by atoms with Gasteiger partial charge < -0.3 is 20.1 Å². The number of hydrazone groups is 1. The van der Waals surface area contributed by atoms with Gasteiger partial charge in [0.2, 0.25) is 0 Å². The molecule has 1 saturated heterocycles. The summed E-state index contributed by atoms with van der Waals surface area (Å²) in [4.78, 5) is 10.3. The van der Waals surface area contributed by atoms with Crippen molar-refractivity contribution in [2.75, 3.05) is 35.1 Å². The molecule has 1 unspecified atom stereocenters.